The highest BCUT2D eigenvalue weighted by Crippen LogP contribution is 2.60. The Morgan fingerprint density at radius 1 is 1.00 bits per heavy atom. The lowest BCUT2D eigenvalue weighted by Crippen LogP contribution is -2.61. The van der Waals surface area contributed by atoms with Crippen LogP contribution in [0.4, 0.5) is 0 Å². The van der Waals surface area contributed by atoms with Crippen molar-refractivity contribution in [3.8, 4) is 0 Å². The number of aliphatic hydroxyl groups is 1. The lowest BCUT2D eigenvalue weighted by atomic mass is 9.62. The van der Waals surface area contributed by atoms with E-state index in [0.29, 0.717) is 6.54 Å². The smallest absolute Gasteiger partial charge is 0.235 e. The Morgan fingerprint density at radius 3 is 2.30 bits per heavy atom. The zero-order chi connectivity index (χ0) is 21.5. The van der Waals surface area contributed by atoms with E-state index in [1.165, 1.54) is 10.5 Å². The number of carbonyl (C=O) groups excluding carboxylic acids is 2. The van der Waals surface area contributed by atoms with Crippen LogP contribution < -0.4 is 0 Å². The molecule has 164 valence electrons. The van der Waals surface area contributed by atoms with Crippen molar-refractivity contribution in [2.75, 3.05) is 39.3 Å². The van der Waals surface area contributed by atoms with Crippen LogP contribution in [0.3, 0.4) is 0 Å². The zero-order valence-electron chi connectivity index (χ0n) is 18.5. The third-order valence-electron chi connectivity index (χ3n) is 8.08. The van der Waals surface area contributed by atoms with Gasteiger partial charge in [0.1, 0.15) is 0 Å². The van der Waals surface area contributed by atoms with Crippen molar-refractivity contribution in [2.45, 2.75) is 46.3 Å². The summed E-state index contributed by atoms with van der Waals surface area (Å²) < 4.78 is 0. The molecule has 4 rings (SSSR count). The Hall–Kier alpha value is -1.76. The maximum absolute atomic E-state index is 13.1. The fourth-order valence-electron chi connectivity index (χ4n) is 5.61. The molecule has 0 spiro atoms. The summed E-state index contributed by atoms with van der Waals surface area (Å²) in [6.45, 7) is 11.3. The first-order chi connectivity index (χ1) is 14.2. The summed E-state index contributed by atoms with van der Waals surface area (Å²) in [6.07, 6.45) is 0.817. The van der Waals surface area contributed by atoms with Gasteiger partial charge in [-0.2, -0.15) is 0 Å². The summed E-state index contributed by atoms with van der Waals surface area (Å²) >= 11 is 0. The number of β-amino-alcohol motifs (C(OH)–C–C–N with tert-alkyl or cyclic N) is 1. The number of hydrogen-bond donors (Lipinski definition) is 1. The highest BCUT2D eigenvalue weighted by Gasteiger charge is 2.64. The maximum Gasteiger partial charge on any atom is 0.235 e. The molecule has 2 bridgehead atoms. The van der Waals surface area contributed by atoms with Crippen LogP contribution in [-0.2, 0) is 16.1 Å². The fraction of sp³-hybridized carbons (Fsp3) is 0.667. The molecule has 2 heterocycles. The molecule has 3 aliphatic rings. The first-order valence-corrected chi connectivity index (χ1v) is 11.2. The second-order valence-electron chi connectivity index (χ2n) is 10.1. The van der Waals surface area contributed by atoms with E-state index in [9.17, 15) is 14.7 Å². The van der Waals surface area contributed by atoms with E-state index >= 15 is 0 Å². The third-order valence-corrected chi connectivity index (χ3v) is 8.08. The number of piperazine rings is 1. The van der Waals surface area contributed by atoms with Crippen molar-refractivity contribution in [3.63, 3.8) is 0 Å². The molecular formula is C24H35N3O3. The molecule has 1 aliphatic carbocycles. The molecule has 30 heavy (non-hydrogen) atoms. The van der Waals surface area contributed by atoms with Crippen molar-refractivity contribution >= 4 is 11.8 Å². The molecule has 6 nitrogen and oxygen atoms in total. The number of carbonyl (C=O) groups is 2. The van der Waals surface area contributed by atoms with E-state index in [0.717, 1.165) is 45.6 Å². The van der Waals surface area contributed by atoms with Crippen LogP contribution in [0, 0.1) is 16.7 Å². The van der Waals surface area contributed by atoms with Gasteiger partial charge in [0.2, 0.25) is 11.8 Å². The highest BCUT2D eigenvalue weighted by molar-refractivity contribution is 6.03. The van der Waals surface area contributed by atoms with Crippen molar-refractivity contribution < 1.29 is 14.7 Å². The molecule has 0 unspecified atom stereocenters. The average Bonchev–Trinajstić information content (AvgIpc) is 2.91. The number of nitrogens with zero attached hydrogens (tertiary/aromatic N) is 3. The second kappa shape index (κ2) is 8.06. The van der Waals surface area contributed by atoms with Gasteiger partial charge in [0.05, 0.1) is 18.1 Å². The average molecular weight is 414 g/mol. The van der Waals surface area contributed by atoms with Crippen LogP contribution in [0.5, 0.6) is 0 Å². The summed E-state index contributed by atoms with van der Waals surface area (Å²) in [5.74, 6) is -0.307. The van der Waals surface area contributed by atoms with Crippen LogP contribution in [-0.4, -0.2) is 77.0 Å². The Kier molecular flexibility index (Phi) is 5.77. The first kappa shape index (κ1) is 21.5. The van der Waals surface area contributed by atoms with Gasteiger partial charge in [-0.15, -0.1) is 0 Å². The number of fused-ring (bicyclic) bond motifs is 2. The molecule has 2 amide bonds. The van der Waals surface area contributed by atoms with Crippen LogP contribution in [0.15, 0.2) is 30.3 Å². The van der Waals surface area contributed by atoms with Crippen molar-refractivity contribution in [3.05, 3.63) is 35.9 Å². The van der Waals surface area contributed by atoms with Gasteiger partial charge in [-0.3, -0.25) is 24.3 Å². The van der Waals surface area contributed by atoms with Crippen LogP contribution in [0.2, 0.25) is 0 Å². The predicted octanol–water partition coefficient (Wildman–Crippen LogP) is 1.98. The molecule has 3 atom stereocenters. The molecule has 3 fully saturated rings. The van der Waals surface area contributed by atoms with Gasteiger partial charge in [-0.1, -0.05) is 51.1 Å². The molecular weight excluding hydrogens is 378 g/mol. The predicted molar refractivity (Wildman–Crippen MR) is 115 cm³/mol. The third kappa shape index (κ3) is 3.70. The summed E-state index contributed by atoms with van der Waals surface area (Å²) in [7, 11) is 0. The summed E-state index contributed by atoms with van der Waals surface area (Å²) in [5, 5.41) is 10.7. The quantitative estimate of drug-likeness (QED) is 0.723. The lowest BCUT2D eigenvalue weighted by molar-refractivity contribution is -0.169. The van der Waals surface area contributed by atoms with Gasteiger partial charge in [0, 0.05) is 45.2 Å². The summed E-state index contributed by atoms with van der Waals surface area (Å²) in [5.41, 5.74) is 0.505. The van der Waals surface area contributed by atoms with E-state index in [1.54, 1.807) is 0 Å². The molecule has 6 heteroatoms. The normalized spacial score (nSPS) is 30.7. The van der Waals surface area contributed by atoms with E-state index in [4.69, 9.17) is 0 Å². The summed E-state index contributed by atoms with van der Waals surface area (Å²) in [6, 6.07) is 10.5. The number of benzene rings is 1. The fourth-order valence-corrected chi connectivity index (χ4v) is 5.61. The van der Waals surface area contributed by atoms with Gasteiger partial charge >= 0.3 is 0 Å². The molecule has 2 aliphatic heterocycles. The van der Waals surface area contributed by atoms with E-state index in [-0.39, 0.29) is 29.7 Å². The minimum Gasteiger partial charge on any atom is -0.390 e. The number of likely N-dealkylation sites (tertiary alicyclic amines) is 1. The van der Waals surface area contributed by atoms with Crippen LogP contribution in [0.25, 0.3) is 0 Å². The number of amides is 2. The van der Waals surface area contributed by atoms with Gasteiger partial charge in [0.25, 0.3) is 0 Å². The molecule has 1 aromatic rings. The summed E-state index contributed by atoms with van der Waals surface area (Å²) in [4.78, 5) is 32.1. The first-order valence-electron chi connectivity index (χ1n) is 11.2. The zero-order valence-corrected chi connectivity index (χ0v) is 18.5. The SMILES string of the molecule is CC1(C)[C@@H]2CC[C@@]1(C)C(=O)N(C[C@@H](O)CN1CCN(Cc3ccccc3)CC1)C2=O. The molecule has 1 saturated carbocycles. The highest BCUT2D eigenvalue weighted by atomic mass is 16.3. The standard InChI is InChI=1S/C24H35N3O3/c1-23(2)20-9-10-24(23,3)22(30)27(21(20)29)17-19(28)16-26-13-11-25(12-14-26)15-18-7-5-4-6-8-18/h4-8,19-20,28H,9-17H2,1-3H3/t19-,20+,24-/m0/s1. The van der Waals surface area contributed by atoms with Gasteiger partial charge in [0.15, 0.2) is 0 Å². The molecule has 0 radical (unpaired) electrons. The van der Waals surface area contributed by atoms with Crippen molar-refractivity contribution in [1.82, 2.24) is 14.7 Å². The van der Waals surface area contributed by atoms with Crippen LogP contribution in [0.1, 0.15) is 39.2 Å². The van der Waals surface area contributed by atoms with Crippen LogP contribution >= 0.6 is 0 Å². The Balaban J connectivity index is 1.29. The van der Waals surface area contributed by atoms with Crippen molar-refractivity contribution in [2.24, 2.45) is 16.7 Å². The second-order valence-corrected chi connectivity index (χ2v) is 10.1. The van der Waals surface area contributed by atoms with E-state index in [1.807, 2.05) is 26.8 Å². The number of hydrogen-bond acceptors (Lipinski definition) is 5. The van der Waals surface area contributed by atoms with Gasteiger partial charge in [-0.05, 0) is 23.8 Å². The number of aliphatic hydroxyl groups excluding tert-OH is 1. The molecule has 2 saturated heterocycles. The minimum atomic E-state index is -0.706. The monoisotopic (exact) mass is 413 g/mol. The van der Waals surface area contributed by atoms with E-state index < -0.39 is 11.5 Å². The Morgan fingerprint density at radius 2 is 1.63 bits per heavy atom. The largest absolute Gasteiger partial charge is 0.390 e. The lowest BCUT2D eigenvalue weighted by Gasteiger charge is -2.48. The molecule has 1 aromatic carbocycles. The Labute approximate surface area is 179 Å². The topological polar surface area (TPSA) is 64.1 Å². The van der Waals surface area contributed by atoms with Crippen molar-refractivity contribution in [1.29, 1.82) is 0 Å². The number of piperidine rings is 1. The minimum absolute atomic E-state index is 0.0910. The maximum atomic E-state index is 13.1. The number of rotatable bonds is 6. The number of imide groups is 1. The van der Waals surface area contributed by atoms with E-state index in [2.05, 4.69) is 34.1 Å². The van der Waals surface area contributed by atoms with Gasteiger partial charge < -0.3 is 5.11 Å². The Bertz CT molecular complexity index is 788. The molecule has 1 N–H and O–H groups in total. The van der Waals surface area contributed by atoms with Gasteiger partial charge in [-0.25, -0.2) is 0 Å². The molecule has 0 aromatic heterocycles.